The Morgan fingerprint density at radius 3 is 1.93 bits per heavy atom. The third-order valence-corrected chi connectivity index (χ3v) is 8.76. The smallest absolute Gasteiger partial charge is 0.221 e. The fraction of sp³-hybridized carbons (Fsp3) is 0.514. The molecule has 2 N–H and O–H groups in total. The molecule has 0 aromatic heterocycles. The fourth-order valence-electron chi connectivity index (χ4n) is 6.17. The molecule has 1 aromatic rings. The molecule has 40 heavy (non-hydrogen) atoms. The molecule has 1 aliphatic heterocycles. The van der Waals surface area contributed by atoms with E-state index in [1.54, 1.807) is 0 Å². The van der Waals surface area contributed by atoms with Crippen molar-refractivity contribution in [2.75, 3.05) is 5.32 Å². The van der Waals surface area contributed by atoms with Gasteiger partial charge in [-0.2, -0.15) is 0 Å². The van der Waals surface area contributed by atoms with Gasteiger partial charge in [0.15, 0.2) is 5.82 Å². The molecule has 0 saturated carbocycles. The minimum absolute atomic E-state index is 0.0705. The van der Waals surface area contributed by atoms with Crippen LogP contribution in [0.5, 0.6) is 0 Å². The van der Waals surface area contributed by atoms with E-state index in [9.17, 15) is 9.90 Å². The van der Waals surface area contributed by atoms with Crippen molar-refractivity contribution in [1.82, 2.24) is 4.90 Å². The lowest BCUT2D eigenvalue weighted by atomic mass is 9.81. The molecule has 2 atom stereocenters. The molecule has 1 amide bonds. The van der Waals surface area contributed by atoms with Crippen LogP contribution in [0.3, 0.4) is 0 Å². The lowest BCUT2D eigenvalue weighted by Gasteiger charge is -2.36. The number of aliphatic hydroxyl groups excluding tert-OH is 1. The van der Waals surface area contributed by atoms with E-state index in [0.29, 0.717) is 39.9 Å². The first-order chi connectivity index (χ1) is 18.8. The highest BCUT2D eigenvalue weighted by atomic mass is 19.1. The molecule has 1 saturated heterocycles. The second-order valence-corrected chi connectivity index (χ2v) is 11.2. The number of anilines is 1. The van der Waals surface area contributed by atoms with Crippen LogP contribution in [0.15, 0.2) is 47.1 Å². The maximum Gasteiger partial charge on any atom is 0.221 e. The summed E-state index contributed by atoms with van der Waals surface area (Å²) >= 11 is 0. The first kappa shape index (κ1) is 33.3. The van der Waals surface area contributed by atoms with E-state index in [0.717, 1.165) is 53.5 Å². The van der Waals surface area contributed by atoms with Gasteiger partial charge in [-0.05, 0) is 107 Å². The predicted molar refractivity (Wildman–Crippen MR) is 169 cm³/mol. The average molecular weight is 551 g/mol. The molecule has 1 aromatic carbocycles. The number of carbonyl (C=O) groups excluding carboxylic acids is 1. The molecule has 4 nitrogen and oxygen atoms in total. The number of nitrogens with one attached hydrogen (secondary N) is 1. The molecule has 1 fully saturated rings. The van der Waals surface area contributed by atoms with Crippen molar-refractivity contribution in [1.29, 1.82) is 0 Å². The van der Waals surface area contributed by atoms with Gasteiger partial charge in [0.05, 0.1) is 12.3 Å². The molecule has 220 valence electrons. The van der Waals surface area contributed by atoms with Crippen LogP contribution in [0.25, 0.3) is 11.3 Å². The van der Waals surface area contributed by atoms with Gasteiger partial charge in [0.25, 0.3) is 0 Å². The van der Waals surface area contributed by atoms with E-state index in [2.05, 4.69) is 37.2 Å². The number of allylic oxidation sites excluding steroid dienone is 7. The van der Waals surface area contributed by atoms with Crippen molar-refractivity contribution in [3.05, 3.63) is 75.2 Å². The first-order valence-electron chi connectivity index (χ1n) is 14.7. The van der Waals surface area contributed by atoms with Crippen molar-refractivity contribution in [2.24, 2.45) is 0 Å². The standard InChI is InChI=1S/C35H51FN2O2/c1-13-21(7)23(9)31(22(8)20(5)6)24(10)32-29(16-4)30(19-39)33(35(34(32)36)37-26(12)40)25(11)38-27(14-2)17-18-28(38)15-3/h13,27-28,39H,10-11,14-19H2,1-9,12H3,(H,37,40)/b21-13-,31-23-. The topological polar surface area (TPSA) is 52.6 Å². The van der Waals surface area contributed by atoms with Gasteiger partial charge in [0.2, 0.25) is 5.91 Å². The van der Waals surface area contributed by atoms with Gasteiger partial charge in [-0.15, -0.1) is 0 Å². The van der Waals surface area contributed by atoms with E-state index < -0.39 is 5.82 Å². The molecule has 2 unspecified atom stereocenters. The maximum absolute atomic E-state index is 17.0. The van der Waals surface area contributed by atoms with Crippen LogP contribution in [0, 0.1) is 5.82 Å². The van der Waals surface area contributed by atoms with Crippen molar-refractivity contribution in [2.45, 2.75) is 120 Å². The van der Waals surface area contributed by atoms with Crippen LogP contribution in [0.2, 0.25) is 0 Å². The lowest BCUT2D eigenvalue weighted by molar-refractivity contribution is -0.114. The second-order valence-electron chi connectivity index (χ2n) is 11.2. The highest BCUT2D eigenvalue weighted by Crippen LogP contribution is 2.45. The van der Waals surface area contributed by atoms with Gasteiger partial charge in [0.1, 0.15) is 0 Å². The molecule has 5 heteroatoms. The van der Waals surface area contributed by atoms with Crippen LogP contribution in [0.4, 0.5) is 10.1 Å². The Morgan fingerprint density at radius 1 is 0.975 bits per heavy atom. The van der Waals surface area contributed by atoms with Crippen LogP contribution in [-0.2, 0) is 17.8 Å². The summed E-state index contributed by atoms with van der Waals surface area (Å²) in [5.74, 6) is -0.911. The minimum atomic E-state index is -0.532. The van der Waals surface area contributed by atoms with Gasteiger partial charge >= 0.3 is 0 Å². The summed E-state index contributed by atoms with van der Waals surface area (Å²) in [6.07, 6.45) is 6.48. The monoisotopic (exact) mass is 550 g/mol. The number of hydrogen-bond acceptors (Lipinski definition) is 3. The van der Waals surface area contributed by atoms with Crippen LogP contribution in [0.1, 0.15) is 117 Å². The van der Waals surface area contributed by atoms with Crippen LogP contribution >= 0.6 is 0 Å². The quantitative estimate of drug-likeness (QED) is 0.270. The fourth-order valence-corrected chi connectivity index (χ4v) is 6.17. The third-order valence-electron chi connectivity index (χ3n) is 8.76. The maximum atomic E-state index is 17.0. The van der Waals surface area contributed by atoms with E-state index in [1.165, 1.54) is 6.92 Å². The lowest BCUT2D eigenvalue weighted by Crippen LogP contribution is -2.34. The molecule has 2 rings (SSSR count). The number of nitrogens with zero attached hydrogens (tertiary/aromatic N) is 1. The summed E-state index contributed by atoms with van der Waals surface area (Å²) < 4.78 is 17.0. The van der Waals surface area contributed by atoms with E-state index >= 15 is 4.39 Å². The van der Waals surface area contributed by atoms with Gasteiger partial charge in [-0.1, -0.05) is 51.2 Å². The Kier molecular flexibility index (Phi) is 11.7. The molecule has 1 heterocycles. The molecule has 1 aliphatic rings. The minimum Gasteiger partial charge on any atom is -0.392 e. The van der Waals surface area contributed by atoms with Crippen LogP contribution < -0.4 is 5.32 Å². The summed E-state index contributed by atoms with van der Waals surface area (Å²) in [7, 11) is 0. The second kappa shape index (κ2) is 14.1. The predicted octanol–water partition coefficient (Wildman–Crippen LogP) is 9.11. The normalized spacial score (nSPS) is 18.0. The average Bonchev–Trinajstić information content (AvgIpc) is 3.35. The van der Waals surface area contributed by atoms with Crippen molar-refractivity contribution < 1.29 is 14.3 Å². The van der Waals surface area contributed by atoms with Gasteiger partial charge < -0.3 is 15.3 Å². The summed E-state index contributed by atoms with van der Waals surface area (Å²) in [5.41, 5.74) is 8.51. The number of amides is 1. The highest BCUT2D eigenvalue weighted by molar-refractivity contribution is 5.97. The van der Waals surface area contributed by atoms with Crippen molar-refractivity contribution in [3.8, 4) is 0 Å². The van der Waals surface area contributed by atoms with Crippen molar-refractivity contribution in [3.63, 3.8) is 0 Å². The zero-order chi connectivity index (χ0) is 30.5. The largest absolute Gasteiger partial charge is 0.392 e. The number of rotatable bonds is 11. The molecular formula is C35H51FN2O2. The number of hydrogen-bond donors (Lipinski definition) is 2. The number of carbonyl (C=O) groups is 1. The zero-order valence-electron chi connectivity index (χ0n) is 26.6. The Bertz CT molecular complexity index is 1250. The number of benzene rings is 1. The Morgan fingerprint density at radius 2 is 1.52 bits per heavy atom. The number of likely N-dealkylation sites (tertiary alicyclic amines) is 1. The van der Waals surface area contributed by atoms with E-state index in [1.807, 2.05) is 54.5 Å². The first-order valence-corrected chi connectivity index (χ1v) is 14.7. The van der Waals surface area contributed by atoms with Gasteiger partial charge in [0, 0.05) is 35.8 Å². The molecular weight excluding hydrogens is 499 g/mol. The van der Waals surface area contributed by atoms with Gasteiger partial charge in [-0.3, -0.25) is 4.79 Å². The number of aliphatic hydroxyl groups is 1. The molecule has 0 spiro atoms. The van der Waals surface area contributed by atoms with Crippen molar-refractivity contribution >= 4 is 22.9 Å². The molecule has 0 radical (unpaired) electrons. The Labute approximate surface area is 242 Å². The van der Waals surface area contributed by atoms with E-state index in [-0.39, 0.29) is 30.3 Å². The van der Waals surface area contributed by atoms with Gasteiger partial charge in [-0.25, -0.2) is 4.39 Å². The Balaban J connectivity index is 3.06. The molecule has 0 aliphatic carbocycles. The molecule has 0 bridgehead atoms. The summed E-state index contributed by atoms with van der Waals surface area (Å²) in [5, 5.41) is 13.6. The Hall–Kier alpha value is -2.92. The van der Waals surface area contributed by atoms with E-state index in [4.69, 9.17) is 0 Å². The summed E-state index contributed by atoms with van der Waals surface area (Å²) in [6.45, 7) is 28.4. The SMILES string of the molecule is C=C(/C(C(C)=C(C)C)=C(C)\C(C)=C/C)c1c(F)c(NC(C)=O)c(C(=C)N2C(CC)CCC2CC)c(CO)c1CC. The highest BCUT2D eigenvalue weighted by Gasteiger charge is 2.36. The zero-order valence-corrected chi connectivity index (χ0v) is 26.6. The third kappa shape index (κ3) is 6.35. The summed E-state index contributed by atoms with van der Waals surface area (Å²) in [4.78, 5) is 14.8. The number of halogens is 1. The summed E-state index contributed by atoms with van der Waals surface area (Å²) in [6, 6.07) is 0.552. The van der Waals surface area contributed by atoms with Crippen LogP contribution in [-0.4, -0.2) is 28.0 Å².